The maximum atomic E-state index is 12.8. The van der Waals surface area contributed by atoms with E-state index in [1.54, 1.807) is 31.2 Å². The lowest BCUT2D eigenvalue weighted by atomic mass is 9.90. The predicted molar refractivity (Wildman–Crippen MR) is 105 cm³/mol. The third-order valence-corrected chi connectivity index (χ3v) is 5.06. The molecule has 1 unspecified atom stereocenters. The van der Waals surface area contributed by atoms with Crippen LogP contribution in [0.1, 0.15) is 35.4 Å². The minimum atomic E-state index is -4.40. The molecule has 30 heavy (non-hydrogen) atoms. The van der Waals surface area contributed by atoms with Crippen LogP contribution in [0.5, 0.6) is 0 Å². The van der Waals surface area contributed by atoms with Gasteiger partial charge >= 0.3 is 6.18 Å². The second-order valence-corrected chi connectivity index (χ2v) is 7.01. The van der Waals surface area contributed by atoms with Crippen molar-refractivity contribution in [3.05, 3.63) is 87.5 Å². The van der Waals surface area contributed by atoms with Crippen molar-refractivity contribution in [3.8, 4) is 17.3 Å². The Bertz CT molecular complexity index is 1230. The normalized spacial score (nSPS) is 15.8. The van der Waals surface area contributed by atoms with E-state index in [2.05, 4.69) is 10.1 Å². The van der Waals surface area contributed by atoms with Crippen LogP contribution < -0.4 is 5.56 Å². The number of fused-ring (bicyclic) bond motifs is 1. The van der Waals surface area contributed by atoms with Crippen LogP contribution in [0.15, 0.2) is 64.5 Å². The smallest absolute Gasteiger partial charge is 0.267 e. The highest BCUT2D eigenvalue weighted by Crippen LogP contribution is 2.32. The van der Waals surface area contributed by atoms with Gasteiger partial charge in [0, 0.05) is 29.7 Å². The molecule has 1 aliphatic heterocycles. The molecule has 0 fully saturated rings. The molecule has 8 heteroatoms. The van der Waals surface area contributed by atoms with Crippen LogP contribution in [0, 0.1) is 11.3 Å². The van der Waals surface area contributed by atoms with Gasteiger partial charge in [0.05, 0.1) is 22.9 Å². The monoisotopic (exact) mass is 408 g/mol. The van der Waals surface area contributed by atoms with Crippen molar-refractivity contribution in [2.75, 3.05) is 0 Å². The second kappa shape index (κ2) is 7.26. The molecule has 0 saturated carbocycles. The van der Waals surface area contributed by atoms with Crippen LogP contribution in [-0.2, 0) is 12.6 Å². The Morgan fingerprint density at radius 1 is 1.10 bits per heavy atom. The molecule has 4 rings (SSSR count). The first-order valence-corrected chi connectivity index (χ1v) is 9.12. The number of aromatic nitrogens is 2. The topological polar surface area (TPSA) is 71.0 Å². The quantitative estimate of drug-likeness (QED) is 0.632. The van der Waals surface area contributed by atoms with Gasteiger partial charge in [-0.2, -0.15) is 28.2 Å². The summed E-state index contributed by atoms with van der Waals surface area (Å²) in [6.07, 6.45) is -4.06. The Balaban J connectivity index is 1.70. The van der Waals surface area contributed by atoms with Gasteiger partial charge in [-0.3, -0.25) is 4.79 Å². The van der Waals surface area contributed by atoms with Crippen molar-refractivity contribution in [2.24, 2.45) is 5.10 Å². The number of hydrogen-bond acceptors (Lipinski definition) is 4. The fourth-order valence-corrected chi connectivity index (χ4v) is 3.45. The summed E-state index contributed by atoms with van der Waals surface area (Å²) in [5, 5.41) is 13.3. The molecule has 1 atom stereocenters. The molecular formula is C22H15F3N4O. The van der Waals surface area contributed by atoms with Gasteiger partial charge in [0.15, 0.2) is 0 Å². The van der Waals surface area contributed by atoms with Gasteiger partial charge in [0.25, 0.3) is 5.56 Å². The minimum absolute atomic E-state index is 0.282. The van der Waals surface area contributed by atoms with Crippen LogP contribution >= 0.6 is 0 Å². The van der Waals surface area contributed by atoms with E-state index < -0.39 is 11.7 Å². The summed E-state index contributed by atoms with van der Waals surface area (Å²) in [5.41, 5.74) is 1.88. The Morgan fingerprint density at radius 3 is 2.37 bits per heavy atom. The molecule has 2 heterocycles. The molecule has 5 nitrogen and oxygen atoms in total. The van der Waals surface area contributed by atoms with E-state index in [1.807, 2.05) is 6.07 Å². The molecule has 0 aliphatic carbocycles. The third kappa shape index (κ3) is 3.62. The number of alkyl halides is 3. The second-order valence-electron chi connectivity index (χ2n) is 7.01. The van der Waals surface area contributed by atoms with Gasteiger partial charge in [-0.05, 0) is 36.8 Å². The Kier molecular flexibility index (Phi) is 4.74. The minimum Gasteiger partial charge on any atom is -0.267 e. The number of hydrogen-bond donors (Lipinski definition) is 0. The van der Waals surface area contributed by atoms with Crippen LogP contribution in [-0.4, -0.2) is 15.4 Å². The zero-order valence-corrected chi connectivity index (χ0v) is 15.8. The van der Waals surface area contributed by atoms with Crippen molar-refractivity contribution < 1.29 is 13.2 Å². The zero-order chi connectivity index (χ0) is 21.5. The van der Waals surface area contributed by atoms with Crippen LogP contribution in [0.2, 0.25) is 0 Å². The molecule has 0 bridgehead atoms. The SMILES string of the molecule is CC1=Nn2c(nc(-c3ccc(C#N)cc3)cc2=O)CC1c1ccc(C(F)(F)F)cc1. The maximum Gasteiger partial charge on any atom is 0.416 e. The van der Waals surface area contributed by atoms with Crippen molar-refractivity contribution in [1.29, 1.82) is 5.26 Å². The van der Waals surface area contributed by atoms with Crippen LogP contribution in [0.4, 0.5) is 13.2 Å². The third-order valence-electron chi connectivity index (χ3n) is 5.06. The highest BCUT2D eigenvalue weighted by atomic mass is 19.4. The van der Waals surface area contributed by atoms with E-state index >= 15 is 0 Å². The molecule has 2 aromatic carbocycles. The lowest BCUT2D eigenvalue weighted by Crippen LogP contribution is -2.30. The maximum absolute atomic E-state index is 12.8. The van der Waals surface area contributed by atoms with Crippen molar-refractivity contribution in [3.63, 3.8) is 0 Å². The molecule has 0 radical (unpaired) electrons. The molecule has 1 aliphatic rings. The largest absolute Gasteiger partial charge is 0.416 e. The summed E-state index contributed by atoms with van der Waals surface area (Å²) in [6.45, 7) is 1.74. The molecule has 0 spiro atoms. The van der Waals surface area contributed by atoms with Gasteiger partial charge < -0.3 is 0 Å². The first-order chi connectivity index (χ1) is 14.3. The summed E-state index contributed by atoms with van der Waals surface area (Å²) in [5.74, 6) is 0.146. The first-order valence-electron chi connectivity index (χ1n) is 9.12. The number of halogens is 3. The number of rotatable bonds is 2. The summed E-state index contributed by atoms with van der Waals surface area (Å²) in [7, 11) is 0. The van der Waals surface area contributed by atoms with Gasteiger partial charge in [-0.25, -0.2) is 4.98 Å². The van der Waals surface area contributed by atoms with Gasteiger partial charge in [-0.15, -0.1) is 0 Å². The Labute approximate surface area is 169 Å². The van der Waals surface area contributed by atoms with E-state index in [4.69, 9.17) is 5.26 Å². The number of nitrogens with zero attached hydrogens (tertiary/aromatic N) is 4. The van der Waals surface area contributed by atoms with E-state index in [0.717, 1.165) is 12.1 Å². The van der Waals surface area contributed by atoms with E-state index in [-0.39, 0.29) is 11.5 Å². The average Bonchev–Trinajstić information content (AvgIpc) is 2.73. The number of benzene rings is 2. The molecule has 1 aromatic heterocycles. The number of nitriles is 1. The summed E-state index contributed by atoms with van der Waals surface area (Å²) in [4.78, 5) is 17.1. The molecule has 0 amide bonds. The molecule has 150 valence electrons. The van der Waals surface area contributed by atoms with Crippen LogP contribution in [0.3, 0.4) is 0 Å². The molecule has 3 aromatic rings. The lowest BCUT2D eigenvalue weighted by molar-refractivity contribution is -0.137. The Morgan fingerprint density at radius 2 is 1.77 bits per heavy atom. The molecule has 0 N–H and O–H groups in total. The van der Waals surface area contributed by atoms with E-state index in [9.17, 15) is 18.0 Å². The standard InChI is InChI=1S/C22H15F3N4O/c1-13-18(15-6-8-17(9-7-15)22(23,24)25)10-20-27-19(11-21(30)29(20)28-13)16-4-2-14(12-26)3-5-16/h2-9,11,18H,10H2,1H3. The van der Waals surface area contributed by atoms with Gasteiger partial charge in [0.2, 0.25) is 0 Å². The predicted octanol–water partition coefficient (Wildman–Crippen LogP) is 4.36. The van der Waals surface area contributed by atoms with Gasteiger partial charge in [0.1, 0.15) is 5.82 Å². The van der Waals surface area contributed by atoms with E-state index in [1.165, 1.54) is 22.9 Å². The average molecular weight is 408 g/mol. The van der Waals surface area contributed by atoms with E-state index in [0.29, 0.717) is 40.3 Å². The van der Waals surface area contributed by atoms with Crippen molar-refractivity contribution >= 4 is 5.71 Å². The fourth-order valence-electron chi connectivity index (χ4n) is 3.45. The summed E-state index contributed by atoms with van der Waals surface area (Å²) in [6, 6.07) is 15.1. The van der Waals surface area contributed by atoms with Crippen molar-refractivity contribution in [2.45, 2.75) is 25.4 Å². The van der Waals surface area contributed by atoms with Gasteiger partial charge in [-0.1, -0.05) is 24.3 Å². The lowest BCUT2D eigenvalue weighted by Gasteiger charge is -2.24. The zero-order valence-electron chi connectivity index (χ0n) is 15.8. The Hall–Kier alpha value is -3.73. The van der Waals surface area contributed by atoms with Crippen molar-refractivity contribution in [1.82, 2.24) is 9.66 Å². The first kappa shape index (κ1) is 19.6. The summed E-state index contributed by atoms with van der Waals surface area (Å²) < 4.78 is 39.8. The highest BCUT2D eigenvalue weighted by Gasteiger charge is 2.31. The summed E-state index contributed by atoms with van der Waals surface area (Å²) >= 11 is 0. The molecular weight excluding hydrogens is 393 g/mol. The molecule has 0 saturated heterocycles. The fraction of sp³-hybridized carbons (Fsp3) is 0.182. The highest BCUT2D eigenvalue weighted by molar-refractivity contribution is 5.89. The van der Waals surface area contributed by atoms with Crippen LogP contribution in [0.25, 0.3) is 11.3 Å².